The molecular formula is C23H26BrNO3. The van der Waals surface area contributed by atoms with E-state index in [1.165, 1.54) is 0 Å². The molecule has 2 aromatic rings. The second kappa shape index (κ2) is 10.8. The summed E-state index contributed by atoms with van der Waals surface area (Å²) in [6, 6.07) is 17.6. The Hall–Kier alpha value is -2.40. The van der Waals surface area contributed by atoms with Crippen molar-refractivity contribution in [2.45, 2.75) is 33.3 Å². The zero-order chi connectivity index (χ0) is 20.4. The average molecular weight is 444 g/mol. The molecule has 0 saturated heterocycles. The van der Waals surface area contributed by atoms with Gasteiger partial charge in [0.1, 0.15) is 12.0 Å². The summed E-state index contributed by atoms with van der Waals surface area (Å²) < 4.78 is 6.36. The largest absolute Gasteiger partial charge is 0.465 e. The second-order valence-corrected chi connectivity index (χ2v) is 7.35. The van der Waals surface area contributed by atoms with Crippen LogP contribution < -0.4 is 0 Å². The van der Waals surface area contributed by atoms with Crippen LogP contribution in [0, 0.1) is 5.41 Å². The van der Waals surface area contributed by atoms with E-state index in [0.29, 0.717) is 31.8 Å². The summed E-state index contributed by atoms with van der Waals surface area (Å²) in [6.07, 6.45) is 2.56. The summed E-state index contributed by atoms with van der Waals surface area (Å²) in [5.41, 5.74) is 1.60. The van der Waals surface area contributed by atoms with Crippen molar-refractivity contribution in [3.63, 3.8) is 0 Å². The van der Waals surface area contributed by atoms with Crippen molar-refractivity contribution in [1.82, 2.24) is 0 Å². The number of halogens is 1. The van der Waals surface area contributed by atoms with Crippen molar-refractivity contribution in [2.24, 2.45) is 10.6 Å². The van der Waals surface area contributed by atoms with Crippen LogP contribution in [0.25, 0.3) is 0 Å². The van der Waals surface area contributed by atoms with Gasteiger partial charge in [0.05, 0.1) is 12.3 Å². The highest BCUT2D eigenvalue weighted by molar-refractivity contribution is 9.10. The number of nitrogens with zero attached hydrogens (tertiary/aromatic N) is 1. The summed E-state index contributed by atoms with van der Waals surface area (Å²) in [7, 11) is 0. The molecule has 0 heterocycles. The maximum absolute atomic E-state index is 13.0. The Balaban J connectivity index is 2.34. The minimum Gasteiger partial charge on any atom is -0.465 e. The zero-order valence-corrected chi connectivity index (χ0v) is 17.9. The van der Waals surface area contributed by atoms with E-state index in [9.17, 15) is 4.79 Å². The van der Waals surface area contributed by atoms with Gasteiger partial charge in [-0.25, -0.2) is 0 Å². The van der Waals surface area contributed by atoms with Crippen LogP contribution in [0.1, 0.15) is 31.4 Å². The highest BCUT2D eigenvalue weighted by Gasteiger charge is 2.43. The predicted molar refractivity (Wildman–Crippen MR) is 116 cm³/mol. The van der Waals surface area contributed by atoms with Crippen LogP contribution >= 0.6 is 15.9 Å². The summed E-state index contributed by atoms with van der Waals surface area (Å²) in [6.45, 7) is 8.08. The number of rotatable bonds is 10. The lowest BCUT2D eigenvalue weighted by molar-refractivity contribution is -0.151. The number of ether oxygens (including phenoxy) is 1. The predicted octanol–water partition coefficient (Wildman–Crippen LogP) is 5.71. The first-order valence-electron chi connectivity index (χ1n) is 9.26. The van der Waals surface area contributed by atoms with Gasteiger partial charge in [-0.1, -0.05) is 75.7 Å². The van der Waals surface area contributed by atoms with Gasteiger partial charge in [-0.3, -0.25) is 4.79 Å². The zero-order valence-electron chi connectivity index (χ0n) is 16.4. The third-order valence-electron chi connectivity index (χ3n) is 4.58. The Morgan fingerprint density at radius 3 is 2.50 bits per heavy atom. The van der Waals surface area contributed by atoms with Crippen molar-refractivity contribution in [3.05, 3.63) is 82.9 Å². The Morgan fingerprint density at radius 2 is 1.86 bits per heavy atom. The minimum atomic E-state index is -0.974. The molecule has 0 amide bonds. The van der Waals surface area contributed by atoms with E-state index in [0.717, 1.165) is 15.6 Å². The van der Waals surface area contributed by atoms with Crippen LogP contribution in [0.15, 0.2) is 76.9 Å². The number of hydrogen-bond donors (Lipinski definition) is 0. The summed E-state index contributed by atoms with van der Waals surface area (Å²) in [4.78, 5) is 18.6. The fraction of sp³-hybridized carbons (Fsp3) is 0.304. The Labute approximate surface area is 175 Å². The van der Waals surface area contributed by atoms with Crippen molar-refractivity contribution >= 4 is 27.6 Å². The first-order chi connectivity index (χ1) is 13.5. The van der Waals surface area contributed by atoms with E-state index in [4.69, 9.17) is 9.57 Å². The highest BCUT2D eigenvalue weighted by Crippen LogP contribution is 2.34. The Kier molecular flexibility index (Phi) is 8.45. The molecule has 0 fully saturated rings. The second-order valence-electron chi connectivity index (χ2n) is 6.50. The van der Waals surface area contributed by atoms with E-state index in [1.54, 1.807) is 13.0 Å². The lowest BCUT2D eigenvalue weighted by Gasteiger charge is -2.30. The van der Waals surface area contributed by atoms with Gasteiger partial charge >= 0.3 is 5.97 Å². The molecule has 2 aromatic carbocycles. The Morgan fingerprint density at radius 1 is 1.18 bits per heavy atom. The van der Waals surface area contributed by atoms with Gasteiger partial charge in [0.2, 0.25) is 0 Å². The monoisotopic (exact) mass is 443 g/mol. The molecular weight excluding hydrogens is 418 g/mol. The molecule has 0 aliphatic heterocycles. The molecule has 1 unspecified atom stereocenters. The van der Waals surface area contributed by atoms with E-state index in [2.05, 4.69) is 27.7 Å². The number of benzene rings is 2. The van der Waals surface area contributed by atoms with Crippen molar-refractivity contribution in [2.75, 3.05) is 6.61 Å². The van der Waals surface area contributed by atoms with E-state index < -0.39 is 5.41 Å². The van der Waals surface area contributed by atoms with Crippen LogP contribution in [0.2, 0.25) is 0 Å². The molecule has 0 aliphatic rings. The highest BCUT2D eigenvalue weighted by atomic mass is 79.9. The topological polar surface area (TPSA) is 47.9 Å². The molecule has 28 heavy (non-hydrogen) atoms. The maximum atomic E-state index is 13.0. The fourth-order valence-electron chi connectivity index (χ4n) is 3.00. The van der Waals surface area contributed by atoms with Crippen LogP contribution in [-0.4, -0.2) is 18.3 Å². The minimum absolute atomic E-state index is 0.297. The van der Waals surface area contributed by atoms with Crippen molar-refractivity contribution in [3.8, 4) is 0 Å². The van der Waals surface area contributed by atoms with Crippen LogP contribution in [-0.2, 0) is 27.4 Å². The third-order valence-corrected chi connectivity index (χ3v) is 5.35. The summed E-state index contributed by atoms with van der Waals surface area (Å²) >= 11 is 3.57. The smallest absolute Gasteiger partial charge is 0.318 e. The summed E-state index contributed by atoms with van der Waals surface area (Å²) in [5.74, 6) is -0.324. The number of hydrogen-bond acceptors (Lipinski definition) is 4. The van der Waals surface area contributed by atoms with Gasteiger partial charge in [-0.05, 0) is 43.9 Å². The average Bonchev–Trinajstić information content (AvgIpc) is 2.70. The summed E-state index contributed by atoms with van der Waals surface area (Å²) in [5, 5.41) is 4.29. The molecule has 0 spiro atoms. The number of carbonyl (C=O) groups excluding carboxylic acids is 1. The SMILES string of the molecule is C=CCC(Cc1ccccc1Br)(C(=O)OCC)/C(C)=N/OCc1ccccc1. The lowest BCUT2D eigenvalue weighted by atomic mass is 9.75. The number of oxime groups is 1. The van der Waals surface area contributed by atoms with Crippen molar-refractivity contribution in [1.29, 1.82) is 0 Å². The molecule has 0 aromatic heterocycles. The quantitative estimate of drug-likeness (QED) is 0.204. The van der Waals surface area contributed by atoms with Gasteiger partial charge in [0.15, 0.2) is 0 Å². The van der Waals surface area contributed by atoms with Gasteiger partial charge in [0, 0.05) is 4.47 Å². The van der Waals surface area contributed by atoms with Gasteiger partial charge in [-0.15, -0.1) is 6.58 Å². The number of carbonyl (C=O) groups is 1. The van der Waals surface area contributed by atoms with Crippen LogP contribution in [0.4, 0.5) is 0 Å². The van der Waals surface area contributed by atoms with E-state index >= 15 is 0 Å². The van der Waals surface area contributed by atoms with Gasteiger partial charge in [0.25, 0.3) is 0 Å². The molecule has 0 bridgehead atoms. The molecule has 0 aliphatic carbocycles. The molecule has 1 atom stereocenters. The first kappa shape index (κ1) is 21.9. The molecule has 0 N–H and O–H groups in total. The Bertz CT molecular complexity index is 820. The molecule has 148 valence electrons. The number of allylic oxidation sites excluding steroid dienone is 1. The molecule has 2 rings (SSSR count). The lowest BCUT2D eigenvalue weighted by Crippen LogP contribution is -2.41. The molecule has 5 heteroatoms. The maximum Gasteiger partial charge on any atom is 0.318 e. The van der Waals surface area contributed by atoms with Crippen LogP contribution in [0.3, 0.4) is 0 Å². The first-order valence-corrected chi connectivity index (χ1v) is 10.0. The fourth-order valence-corrected chi connectivity index (χ4v) is 3.42. The van der Waals surface area contributed by atoms with Gasteiger partial charge < -0.3 is 9.57 Å². The molecule has 0 saturated carbocycles. The molecule has 4 nitrogen and oxygen atoms in total. The standard InChI is InChI=1S/C23H26BrNO3/c1-4-15-23(22(26)27-5-2,16-20-13-9-10-14-21(20)24)18(3)25-28-17-19-11-7-6-8-12-19/h4,6-14H,1,5,15-17H2,2-3H3/b25-18+. The number of esters is 1. The third kappa shape index (κ3) is 5.55. The van der Waals surface area contributed by atoms with Gasteiger partial charge in [-0.2, -0.15) is 0 Å². The normalized spacial score (nSPS) is 13.5. The molecule has 0 radical (unpaired) electrons. The van der Waals surface area contributed by atoms with E-state index in [1.807, 2.05) is 61.5 Å². The van der Waals surface area contributed by atoms with Crippen LogP contribution in [0.5, 0.6) is 0 Å². The van der Waals surface area contributed by atoms with Crippen molar-refractivity contribution < 1.29 is 14.4 Å². The van der Waals surface area contributed by atoms with E-state index in [-0.39, 0.29) is 5.97 Å².